The Hall–Kier alpha value is -4.88. The molecule has 0 bridgehead atoms. The fraction of sp³-hybridized carbons (Fsp3) is 0.455. The van der Waals surface area contributed by atoms with Crippen LogP contribution in [0.3, 0.4) is 0 Å². The van der Waals surface area contributed by atoms with Gasteiger partial charge < -0.3 is 24.8 Å². The first-order valence-corrected chi connectivity index (χ1v) is 16.1. The SMILES string of the molecule is CCCCOc1c2n(c(CNC(=O)CCCCCNc3nc(-c4n[nH]c5ccc(F)cc45)ncc3F)cc1=O)CCN(C(C)C)C2=O. The van der Waals surface area contributed by atoms with Crippen molar-refractivity contribution in [1.82, 2.24) is 34.9 Å². The third-order valence-electron chi connectivity index (χ3n) is 8.07. The first-order valence-electron chi connectivity index (χ1n) is 16.1. The van der Waals surface area contributed by atoms with Gasteiger partial charge in [-0.2, -0.15) is 5.10 Å². The number of pyridine rings is 1. The largest absolute Gasteiger partial charge is 0.487 e. The lowest BCUT2D eigenvalue weighted by atomic mass is 10.1. The molecular weight excluding hydrogens is 610 g/mol. The Bertz CT molecular complexity index is 1810. The van der Waals surface area contributed by atoms with E-state index in [9.17, 15) is 23.2 Å². The van der Waals surface area contributed by atoms with E-state index >= 15 is 0 Å². The zero-order valence-electron chi connectivity index (χ0n) is 26.9. The van der Waals surface area contributed by atoms with E-state index in [1.54, 1.807) is 15.5 Å². The van der Waals surface area contributed by atoms with Gasteiger partial charge in [0.1, 0.15) is 11.5 Å². The highest BCUT2D eigenvalue weighted by molar-refractivity contribution is 5.96. The first kappa shape index (κ1) is 33.5. The average molecular weight is 651 g/mol. The number of H-pyrrole nitrogens is 1. The lowest BCUT2D eigenvalue weighted by Crippen LogP contribution is -2.46. The van der Waals surface area contributed by atoms with Crippen LogP contribution in [0.1, 0.15) is 75.5 Å². The maximum atomic E-state index is 14.4. The second-order valence-corrected chi connectivity index (χ2v) is 11.8. The van der Waals surface area contributed by atoms with Crippen molar-refractivity contribution in [3.8, 4) is 17.3 Å². The number of carbonyl (C=O) groups is 2. The molecule has 14 heteroatoms. The highest BCUT2D eigenvalue weighted by atomic mass is 19.1. The molecular formula is C33H40F2N8O4. The fourth-order valence-corrected chi connectivity index (χ4v) is 5.52. The fourth-order valence-electron chi connectivity index (χ4n) is 5.52. The summed E-state index contributed by atoms with van der Waals surface area (Å²) in [5, 5.41) is 13.3. The molecule has 0 saturated heterocycles. The molecule has 3 aromatic heterocycles. The van der Waals surface area contributed by atoms with Crippen LogP contribution >= 0.6 is 0 Å². The number of amides is 2. The summed E-state index contributed by atoms with van der Waals surface area (Å²) in [6, 6.07) is 5.61. The van der Waals surface area contributed by atoms with Gasteiger partial charge in [0.15, 0.2) is 28.9 Å². The molecule has 47 heavy (non-hydrogen) atoms. The Kier molecular flexibility index (Phi) is 10.8. The number of rotatable bonds is 15. The maximum absolute atomic E-state index is 14.4. The molecule has 0 atom stereocenters. The number of benzene rings is 1. The standard InChI is InChI=1S/C33H40F2N8O4/c1-4-5-15-47-30-26(44)17-22(43-14-13-42(20(2)3)33(46)29(30)43)18-37-27(45)9-7-6-8-12-36-31-24(35)19-38-32(39-31)28-23-16-21(34)10-11-25(23)40-41-28/h10-11,16-17,19-20H,4-9,12-15,18H2,1-3H3,(H,37,45)(H,40,41)(H,36,38,39). The van der Waals surface area contributed by atoms with E-state index in [0.29, 0.717) is 67.8 Å². The number of carbonyl (C=O) groups excluding carboxylic acids is 2. The molecule has 2 amide bonds. The summed E-state index contributed by atoms with van der Waals surface area (Å²) in [4.78, 5) is 49.1. The third-order valence-corrected chi connectivity index (χ3v) is 8.07. The van der Waals surface area contributed by atoms with Gasteiger partial charge >= 0.3 is 0 Å². The van der Waals surface area contributed by atoms with Crippen LogP contribution in [0.4, 0.5) is 14.6 Å². The predicted octanol–water partition coefficient (Wildman–Crippen LogP) is 4.79. The average Bonchev–Trinajstić information content (AvgIpc) is 3.46. The lowest BCUT2D eigenvalue weighted by molar-refractivity contribution is -0.121. The molecule has 0 unspecified atom stereocenters. The molecule has 1 aliphatic rings. The Morgan fingerprint density at radius 3 is 2.72 bits per heavy atom. The number of nitrogens with zero attached hydrogens (tertiary/aromatic N) is 5. The van der Waals surface area contributed by atoms with Gasteiger partial charge in [-0.15, -0.1) is 0 Å². The van der Waals surface area contributed by atoms with Crippen LogP contribution in [0.25, 0.3) is 22.4 Å². The minimum Gasteiger partial charge on any atom is -0.487 e. The summed E-state index contributed by atoms with van der Waals surface area (Å²) in [7, 11) is 0. The van der Waals surface area contributed by atoms with Crippen molar-refractivity contribution in [3.05, 3.63) is 63.7 Å². The van der Waals surface area contributed by atoms with E-state index in [0.717, 1.165) is 19.0 Å². The van der Waals surface area contributed by atoms with Crippen LogP contribution in [-0.4, -0.2) is 67.2 Å². The Morgan fingerprint density at radius 1 is 1.11 bits per heavy atom. The molecule has 0 radical (unpaired) electrons. The van der Waals surface area contributed by atoms with Crippen molar-refractivity contribution in [2.75, 3.05) is 25.0 Å². The second-order valence-electron chi connectivity index (χ2n) is 11.8. The van der Waals surface area contributed by atoms with Gasteiger partial charge in [-0.1, -0.05) is 19.8 Å². The molecule has 4 heterocycles. The van der Waals surface area contributed by atoms with Gasteiger partial charge in [-0.05, 0) is 51.3 Å². The topological polar surface area (TPSA) is 147 Å². The number of nitrogens with one attached hydrogen (secondary N) is 3. The van der Waals surface area contributed by atoms with E-state index in [-0.39, 0.29) is 59.3 Å². The van der Waals surface area contributed by atoms with Gasteiger partial charge in [-0.25, -0.2) is 18.7 Å². The number of hydrogen-bond acceptors (Lipinski definition) is 8. The highest BCUT2D eigenvalue weighted by Crippen LogP contribution is 2.26. The molecule has 3 N–H and O–H groups in total. The zero-order chi connectivity index (χ0) is 33.5. The predicted molar refractivity (Wildman–Crippen MR) is 173 cm³/mol. The van der Waals surface area contributed by atoms with E-state index in [4.69, 9.17) is 4.74 Å². The molecule has 0 saturated carbocycles. The summed E-state index contributed by atoms with van der Waals surface area (Å²) in [6.07, 6.45) is 4.92. The summed E-state index contributed by atoms with van der Waals surface area (Å²) in [5.41, 5.74) is 1.35. The minimum absolute atomic E-state index is 0.00986. The number of unbranched alkanes of at least 4 members (excludes halogenated alkanes) is 3. The smallest absolute Gasteiger partial charge is 0.274 e. The second kappa shape index (κ2) is 15.1. The lowest BCUT2D eigenvalue weighted by Gasteiger charge is -2.35. The molecule has 250 valence electrons. The quantitative estimate of drug-likeness (QED) is 0.156. The summed E-state index contributed by atoms with van der Waals surface area (Å²) < 4.78 is 35.8. The van der Waals surface area contributed by atoms with Crippen molar-refractivity contribution in [3.63, 3.8) is 0 Å². The van der Waals surface area contributed by atoms with E-state index in [2.05, 4.69) is 30.8 Å². The molecule has 0 fully saturated rings. The molecule has 0 aliphatic carbocycles. The van der Waals surface area contributed by atoms with Gasteiger partial charge in [0.25, 0.3) is 5.91 Å². The number of halogens is 2. The van der Waals surface area contributed by atoms with Crippen LogP contribution in [0.2, 0.25) is 0 Å². The molecule has 1 aromatic carbocycles. The number of anilines is 1. The van der Waals surface area contributed by atoms with Crippen molar-refractivity contribution >= 4 is 28.5 Å². The van der Waals surface area contributed by atoms with Crippen LogP contribution < -0.4 is 20.8 Å². The molecule has 0 spiro atoms. The van der Waals surface area contributed by atoms with Gasteiger partial charge in [0, 0.05) is 49.2 Å². The highest BCUT2D eigenvalue weighted by Gasteiger charge is 2.32. The van der Waals surface area contributed by atoms with Crippen molar-refractivity contribution < 1.29 is 23.1 Å². The maximum Gasteiger partial charge on any atom is 0.274 e. The Labute approximate surface area is 270 Å². The van der Waals surface area contributed by atoms with Gasteiger partial charge in [-0.3, -0.25) is 19.5 Å². The Morgan fingerprint density at radius 2 is 1.94 bits per heavy atom. The molecule has 5 rings (SSSR count). The number of fused-ring (bicyclic) bond motifs is 2. The molecule has 12 nitrogen and oxygen atoms in total. The third kappa shape index (κ3) is 7.75. The van der Waals surface area contributed by atoms with Crippen LogP contribution in [0, 0.1) is 11.6 Å². The van der Waals surface area contributed by atoms with E-state index < -0.39 is 11.6 Å². The molecule has 4 aromatic rings. The minimum atomic E-state index is -0.625. The number of aromatic amines is 1. The summed E-state index contributed by atoms with van der Waals surface area (Å²) in [5.74, 6) is -1.25. The molecule has 1 aliphatic heterocycles. The van der Waals surface area contributed by atoms with E-state index in [1.165, 1.54) is 18.2 Å². The van der Waals surface area contributed by atoms with Crippen molar-refractivity contribution in [2.24, 2.45) is 0 Å². The van der Waals surface area contributed by atoms with Crippen molar-refractivity contribution in [2.45, 2.75) is 78.4 Å². The number of aromatic nitrogens is 5. The van der Waals surface area contributed by atoms with Crippen LogP contribution in [-0.2, 0) is 17.9 Å². The van der Waals surface area contributed by atoms with Gasteiger partial charge in [0.2, 0.25) is 11.3 Å². The van der Waals surface area contributed by atoms with Crippen molar-refractivity contribution in [1.29, 1.82) is 0 Å². The van der Waals surface area contributed by atoms with Crippen LogP contribution in [0.5, 0.6) is 5.75 Å². The monoisotopic (exact) mass is 650 g/mol. The van der Waals surface area contributed by atoms with Crippen LogP contribution in [0.15, 0.2) is 35.3 Å². The van der Waals surface area contributed by atoms with Gasteiger partial charge in [0.05, 0.1) is 24.9 Å². The van der Waals surface area contributed by atoms with E-state index in [1.807, 2.05) is 20.8 Å². The zero-order valence-corrected chi connectivity index (χ0v) is 26.9. The number of hydrogen-bond donors (Lipinski definition) is 3. The number of ether oxygens (including phenoxy) is 1. The summed E-state index contributed by atoms with van der Waals surface area (Å²) >= 11 is 0. The normalized spacial score (nSPS) is 12.9. The first-order chi connectivity index (χ1) is 22.7. The Balaban J connectivity index is 1.12. The summed E-state index contributed by atoms with van der Waals surface area (Å²) in [6.45, 7) is 7.74.